The summed E-state index contributed by atoms with van der Waals surface area (Å²) in [6, 6.07) is 10.3. The van der Waals surface area contributed by atoms with Crippen LogP contribution in [0.4, 0.5) is 11.4 Å². The van der Waals surface area contributed by atoms with Crippen LogP contribution in [0, 0.1) is 20.2 Å². The highest BCUT2D eigenvalue weighted by Gasteiger charge is 2.38. The number of hydrazine groups is 1. The van der Waals surface area contributed by atoms with Crippen LogP contribution in [0.3, 0.4) is 0 Å². The van der Waals surface area contributed by atoms with Gasteiger partial charge in [-0.05, 0) is 36.4 Å². The molecule has 11 nitrogen and oxygen atoms in total. The molecule has 1 N–H and O–H groups in total. The normalized spacial score (nSPS) is 12.7. The van der Waals surface area contributed by atoms with E-state index in [-0.39, 0.29) is 22.1 Å². The van der Waals surface area contributed by atoms with Crippen LogP contribution in [0.1, 0.15) is 31.1 Å². The zero-order valence-electron chi connectivity index (χ0n) is 15.2. The van der Waals surface area contributed by atoms with Crippen molar-refractivity contribution in [3.63, 3.8) is 0 Å². The summed E-state index contributed by atoms with van der Waals surface area (Å²) in [5, 5.41) is 22.7. The van der Waals surface area contributed by atoms with Crippen molar-refractivity contribution in [1.82, 2.24) is 10.4 Å². The second-order valence-electron chi connectivity index (χ2n) is 6.42. The lowest BCUT2D eigenvalue weighted by Gasteiger charge is -2.27. The van der Waals surface area contributed by atoms with Gasteiger partial charge in [-0.15, -0.1) is 0 Å². The zero-order valence-corrected chi connectivity index (χ0v) is 16.8. The van der Waals surface area contributed by atoms with E-state index in [1.807, 2.05) is 0 Å². The largest absolute Gasteiger partial charge is 0.284 e. The summed E-state index contributed by atoms with van der Waals surface area (Å²) in [6.07, 6.45) is 0. The van der Waals surface area contributed by atoms with Crippen LogP contribution in [0.5, 0.6) is 0 Å². The minimum atomic E-state index is -0.969. The number of nitro benzene ring substituents is 2. The average molecular weight is 485 g/mol. The van der Waals surface area contributed by atoms with Crippen LogP contribution >= 0.6 is 15.9 Å². The Bertz CT molecular complexity index is 1270. The van der Waals surface area contributed by atoms with Crippen LogP contribution in [0.25, 0.3) is 10.8 Å². The number of rotatable bonds is 4. The van der Waals surface area contributed by atoms with Crippen LogP contribution < -0.4 is 5.43 Å². The fourth-order valence-corrected chi connectivity index (χ4v) is 3.59. The third-order valence-electron chi connectivity index (χ3n) is 4.70. The Labute approximate surface area is 180 Å². The van der Waals surface area contributed by atoms with Gasteiger partial charge in [0.05, 0.1) is 21.0 Å². The van der Waals surface area contributed by atoms with Crippen LogP contribution in [0.15, 0.2) is 53.0 Å². The van der Waals surface area contributed by atoms with Crippen molar-refractivity contribution in [3.8, 4) is 0 Å². The lowest BCUT2D eigenvalue weighted by molar-refractivity contribution is -0.390. The van der Waals surface area contributed by atoms with Gasteiger partial charge in [0.1, 0.15) is 5.39 Å². The second kappa shape index (κ2) is 7.25. The maximum absolute atomic E-state index is 12.9. The molecule has 3 aromatic carbocycles. The molecule has 1 aliphatic rings. The van der Waals surface area contributed by atoms with Crippen molar-refractivity contribution >= 4 is 55.8 Å². The van der Waals surface area contributed by atoms with E-state index >= 15 is 0 Å². The lowest BCUT2D eigenvalue weighted by atomic mass is 9.92. The predicted molar refractivity (Wildman–Crippen MR) is 109 cm³/mol. The fraction of sp³-hybridized carbons (Fsp3) is 0. The molecular formula is C19H9BrN4O7. The molecule has 0 spiro atoms. The van der Waals surface area contributed by atoms with Gasteiger partial charge >= 0.3 is 0 Å². The molecule has 0 fully saturated rings. The van der Waals surface area contributed by atoms with Crippen molar-refractivity contribution in [2.75, 3.05) is 0 Å². The van der Waals surface area contributed by atoms with Gasteiger partial charge in [-0.1, -0.05) is 15.9 Å². The topological polar surface area (TPSA) is 153 Å². The molecule has 3 amide bonds. The van der Waals surface area contributed by atoms with E-state index in [4.69, 9.17) is 0 Å². The molecule has 3 aromatic rings. The highest BCUT2D eigenvalue weighted by Crippen LogP contribution is 2.40. The number of benzene rings is 3. The Hall–Kier alpha value is -4.19. The molecule has 154 valence electrons. The number of non-ortho nitro benzene ring substituents is 2. The van der Waals surface area contributed by atoms with E-state index in [2.05, 4.69) is 21.4 Å². The minimum absolute atomic E-state index is 0.173. The molecule has 31 heavy (non-hydrogen) atoms. The van der Waals surface area contributed by atoms with Crippen LogP contribution in [0.2, 0.25) is 0 Å². The van der Waals surface area contributed by atoms with Crippen molar-refractivity contribution in [2.45, 2.75) is 0 Å². The molecular weight excluding hydrogens is 476 g/mol. The SMILES string of the molecule is O=C(NN1C(=O)c2ccc([N+](=O)[O-])c3c([N+](=O)[O-])ccc(c23)C1=O)c1ccc(Br)cc1. The standard InChI is InChI=1S/C19H9BrN4O7/c20-10-3-1-9(2-4-10)17(25)21-22-18(26)11-5-7-13(23(28)29)16-14(24(30)31)8-6-12(15(11)16)19(22)27/h1-8H,(H,21,25). The summed E-state index contributed by atoms with van der Waals surface area (Å²) < 4.78 is 0.720. The van der Waals surface area contributed by atoms with Gasteiger partial charge in [-0.25, -0.2) is 0 Å². The molecule has 0 radical (unpaired) electrons. The number of halogens is 1. The van der Waals surface area contributed by atoms with Crippen molar-refractivity contribution < 1.29 is 24.2 Å². The van der Waals surface area contributed by atoms with Gasteiger partial charge in [0, 0.05) is 27.6 Å². The summed E-state index contributed by atoms with van der Waals surface area (Å²) in [7, 11) is 0. The quantitative estimate of drug-likeness (QED) is 0.338. The zero-order chi connectivity index (χ0) is 22.4. The average Bonchev–Trinajstić information content (AvgIpc) is 2.74. The number of imide groups is 1. The van der Waals surface area contributed by atoms with E-state index in [0.717, 1.165) is 28.7 Å². The molecule has 1 heterocycles. The van der Waals surface area contributed by atoms with Crippen LogP contribution in [-0.2, 0) is 0 Å². The molecule has 0 bridgehead atoms. The van der Waals surface area contributed by atoms with Crippen molar-refractivity contribution in [1.29, 1.82) is 0 Å². The number of nitro groups is 2. The first-order valence-electron chi connectivity index (χ1n) is 8.54. The number of hydrogen-bond acceptors (Lipinski definition) is 7. The van der Waals surface area contributed by atoms with E-state index in [0.29, 0.717) is 5.01 Å². The Kier molecular flexibility index (Phi) is 4.70. The van der Waals surface area contributed by atoms with Crippen molar-refractivity contribution in [3.05, 3.63) is 89.9 Å². The number of amides is 3. The molecule has 0 atom stereocenters. The summed E-state index contributed by atoms with van der Waals surface area (Å²) in [6.45, 7) is 0. The monoisotopic (exact) mass is 484 g/mol. The highest BCUT2D eigenvalue weighted by molar-refractivity contribution is 9.10. The Morgan fingerprint density at radius 3 is 1.74 bits per heavy atom. The van der Waals surface area contributed by atoms with Gasteiger partial charge < -0.3 is 0 Å². The smallest absolute Gasteiger partial charge is 0.267 e. The summed E-state index contributed by atoms with van der Waals surface area (Å²) in [5.74, 6) is -2.68. The molecule has 1 aliphatic heterocycles. The predicted octanol–water partition coefficient (Wildman–Crippen LogP) is 3.36. The lowest BCUT2D eigenvalue weighted by Crippen LogP contribution is -2.51. The summed E-state index contributed by atoms with van der Waals surface area (Å²) in [5.41, 5.74) is 0.806. The second-order valence-corrected chi connectivity index (χ2v) is 7.34. The Morgan fingerprint density at radius 1 is 0.806 bits per heavy atom. The van der Waals surface area contributed by atoms with Gasteiger partial charge in [-0.2, -0.15) is 5.01 Å². The van der Waals surface area contributed by atoms with Gasteiger partial charge in [0.2, 0.25) is 0 Å². The Balaban J connectivity index is 1.85. The van der Waals surface area contributed by atoms with Gasteiger partial charge in [0.15, 0.2) is 0 Å². The number of nitrogens with one attached hydrogen (secondary N) is 1. The first-order chi connectivity index (χ1) is 14.7. The molecule has 0 aromatic heterocycles. The third kappa shape index (κ3) is 3.18. The minimum Gasteiger partial charge on any atom is -0.267 e. The number of hydrogen-bond donors (Lipinski definition) is 1. The van der Waals surface area contributed by atoms with E-state index in [1.54, 1.807) is 12.1 Å². The number of carbonyl (C=O) groups excluding carboxylic acids is 3. The molecule has 0 aliphatic carbocycles. The van der Waals surface area contributed by atoms with Gasteiger partial charge in [0.25, 0.3) is 29.1 Å². The van der Waals surface area contributed by atoms with Crippen molar-refractivity contribution in [2.24, 2.45) is 0 Å². The first kappa shape index (κ1) is 20.1. The van der Waals surface area contributed by atoms with E-state index in [9.17, 15) is 34.6 Å². The molecule has 4 rings (SSSR count). The van der Waals surface area contributed by atoms with Crippen LogP contribution in [-0.4, -0.2) is 32.6 Å². The molecule has 0 saturated carbocycles. The van der Waals surface area contributed by atoms with E-state index in [1.165, 1.54) is 12.1 Å². The van der Waals surface area contributed by atoms with E-state index < -0.39 is 44.3 Å². The molecule has 12 heteroatoms. The molecule has 0 saturated heterocycles. The molecule has 0 unspecified atom stereocenters. The fourth-order valence-electron chi connectivity index (χ4n) is 3.32. The summed E-state index contributed by atoms with van der Waals surface area (Å²) >= 11 is 3.23. The number of nitrogens with zero attached hydrogens (tertiary/aromatic N) is 3. The third-order valence-corrected chi connectivity index (χ3v) is 5.23. The highest BCUT2D eigenvalue weighted by atomic mass is 79.9. The maximum atomic E-state index is 12.9. The number of carbonyl (C=O) groups is 3. The maximum Gasteiger partial charge on any atom is 0.284 e. The Morgan fingerprint density at radius 2 is 1.29 bits per heavy atom. The first-order valence-corrected chi connectivity index (χ1v) is 9.34. The summed E-state index contributed by atoms with van der Waals surface area (Å²) in [4.78, 5) is 59.6. The van der Waals surface area contributed by atoms with Gasteiger partial charge in [-0.3, -0.25) is 40.0 Å².